The van der Waals surface area contributed by atoms with Gasteiger partial charge in [0, 0.05) is 17.3 Å². The summed E-state index contributed by atoms with van der Waals surface area (Å²) in [6.45, 7) is 5.68. The van der Waals surface area contributed by atoms with Crippen LogP contribution in [0.25, 0.3) is 0 Å². The third-order valence-corrected chi connectivity index (χ3v) is 4.47. The summed E-state index contributed by atoms with van der Waals surface area (Å²) in [6.07, 6.45) is -0.670. The third kappa shape index (κ3) is 6.93. The van der Waals surface area contributed by atoms with Crippen molar-refractivity contribution < 1.29 is 24.2 Å². The van der Waals surface area contributed by atoms with E-state index in [1.807, 2.05) is 32.9 Å². The van der Waals surface area contributed by atoms with Gasteiger partial charge in [0.1, 0.15) is 13.0 Å². The van der Waals surface area contributed by atoms with Crippen molar-refractivity contribution in [2.75, 3.05) is 10.6 Å². The lowest BCUT2D eigenvalue weighted by Crippen LogP contribution is -2.18. The highest BCUT2D eigenvalue weighted by molar-refractivity contribution is 6.37. The van der Waals surface area contributed by atoms with Gasteiger partial charge in [0.15, 0.2) is 5.75 Å². The Morgan fingerprint density at radius 3 is 2.17 bits per heavy atom. The maximum absolute atomic E-state index is 11.9. The van der Waals surface area contributed by atoms with Crippen LogP contribution in [0, 0.1) is 12.8 Å². The van der Waals surface area contributed by atoms with Crippen molar-refractivity contribution in [1.29, 1.82) is 0 Å². The number of anilines is 2. The van der Waals surface area contributed by atoms with Crippen LogP contribution in [-0.2, 0) is 21.0 Å². The van der Waals surface area contributed by atoms with Gasteiger partial charge in [-0.25, -0.2) is 0 Å². The first-order chi connectivity index (χ1) is 14.0. The van der Waals surface area contributed by atoms with Crippen LogP contribution in [0.4, 0.5) is 11.4 Å². The number of carbonyl (C=O) groups is 3. The second kappa shape index (κ2) is 10.3. The van der Waals surface area contributed by atoms with E-state index in [0.29, 0.717) is 5.69 Å². The molecule has 7 nitrogen and oxygen atoms in total. The number of hydrogen-bond acceptors (Lipinski definition) is 4. The Morgan fingerprint density at radius 1 is 1.00 bits per heavy atom. The van der Waals surface area contributed by atoms with Gasteiger partial charge in [-0.15, -0.1) is 0 Å². The molecule has 0 heterocycles. The number of nitrogens with one attached hydrogen (secondary N) is 2. The first-order valence-electron chi connectivity index (χ1n) is 9.10. The molecule has 0 saturated heterocycles. The molecule has 160 valence electrons. The number of hydrogen-bond donors (Lipinski definition) is 3. The number of carboxylic acid groups (broad SMARTS) is 1. The summed E-state index contributed by atoms with van der Waals surface area (Å²) in [6, 6.07) is 8.42. The van der Waals surface area contributed by atoms with Crippen molar-refractivity contribution in [2.24, 2.45) is 5.92 Å². The fraction of sp³-hybridized carbons (Fsp3) is 0.286. The van der Waals surface area contributed by atoms with E-state index in [0.717, 1.165) is 11.1 Å². The van der Waals surface area contributed by atoms with Gasteiger partial charge in [-0.2, -0.15) is 0 Å². The molecular formula is C21H22Cl2N2O5. The molecule has 0 aliphatic heterocycles. The monoisotopic (exact) mass is 452 g/mol. The number of benzene rings is 2. The highest BCUT2D eigenvalue weighted by Gasteiger charge is 2.14. The van der Waals surface area contributed by atoms with E-state index in [4.69, 9.17) is 33.0 Å². The lowest BCUT2D eigenvalue weighted by atomic mass is 10.1. The van der Waals surface area contributed by atoms with Gasteiger partial charge < -0.3 is 20.5 Å². The summed E-state index contributed by atoms with van der Waals surface area (Å²) >= 11 is 12.4. The molecule has 0 aromatic heterocycles. The van der Waals surface area contributed by atoms with Gasteiger partial charge in [0.2, 0.25) is 11.8 Å². The number of aliphatic carboxylic acids is 1. The van der Waals surface area contributed by atoms with Gasteiger partial charge in [0.25, 0.3) is 0 Å². The Hall–Kier alpha value is -2.77. The fourth-order valence-electron chi connectivity index (χ4n) is 2.57. The third-order valence-electron chi connectivity index (χ3n) is 3.91. The van der Waals surface area contributed by atoms with Crippen LogP contribution in [0.3, 0.4) is 0 Å². The molecular weight excluding hydrogens is 431 g/mol. The summed E-state index contributed by atoms with van der Waals surface area (Å²) in [7, 11) is 0. The number of amides is 2. The number of rotatable bonds is 8. The van der Waals surface area contributed by atoms with Crippen LogP contribution in [0.1, 0.15) is 31.4 Å². The van der Waals surface area contributed by atoms with Crippen LogP contribution in [0.5, 0.6) is 5.75 Å². The van der Waals surface area contributed by atoms with Crippen LogP contribution in [0.15, 0.2) is 30.3 Å². The average molecular weight is 453 g/mol. The summed E-state index contributed by atoms with van der Waals surface area (Å²) in [5.41, 5.74) is 2.68. The molecule has 2 rings (SSSR count). The minimum absolute atomic E-state index is 0.0842. The molecule has 0 spiro atoms. The highest BCUT2D eigenvalue weighted by atomic mass is 35.5. The molecule has 0 atom stereocenters. The smallest absolute Gasteiger partial charge is 0.312 e. The van der Waals surface area contributed by atoms with E-state index in [1.165, 1.54) is 12.1 Å². The SMILES string of the molecule is Cc1cc(COc2c(Cl)cc(NC(=O)CC(=O)O)cc2Cl)cc(NC(=O)C(C)C)c1. The average Bonchev–Trinajstić information content (AvgIpc) is 2.59. The molecule has 3 N–H and O–H groups in total. The molecule has 9 heteroatoms. The second-order valence-corrected chi connectivity index (χ2v) is 7.84. The topological polar surface area (TPSA) is 105 Å². The van der Waals surface area contributed by atoms with E-state index < -0.39 is 18.3 Å². The normalized spacial score (nSPS) is 10.6. The Balaban J connectivity index is 2.12. The van der Waals surface area contributed by atoms with Crippen molar-refractivity contribution in [3.05, 3.63) is 51.5 Å². The molecule has 0 bridgehead atoms. The van der Waals surface area contributed by atoms with E-state index in [1.54, 1.807) is 6.07 Å². The standard InChI is InChI=1S/C21H22Cl2N2O5/c1-11(2)21(29)25-14-5-12(3)4-13(6-14)10-30-20-16(22)7-15(8-17(20)23)24-18(26)9-19(27)28/h4-8,11H,9-10H2,1-3H3,(H,24,26)(H,25,29)(H,27,28). The van der Waals surface area contributed by atoms with Gasteiger partial charge in [0.05, 0.1) is 10.0 Å². The zero-order valence-corrected chi connectivity index (χ0v) is 18.2. The highest BCUT2D eigenvalue weighted by Crippen LogP contribution is 2.36. The quantitative estimate of drug-likeness (QED) is 0.494. The Bertz CT molecular complexity index is 953. The summed E-state index contributed by atoms with van der Waals surface area (Å²) in [5.74, 6) is -1.94. The molecule has 0 radical (unpaired) electrons. The minimum atomic E-state index is -1.24. The molecule has 2 aromatic carbocycles. The first-order valence-corrected chi connectivity index (χ1v) is 9.85. The largest absolute Gasteiger partial charge is 0.486 e. The van der Waals surface area contributed by atoms with E-state index in [9.17, 15) is 14.4 Å². The van der Waals surface area contributed by atoms with Crippen LogP contribution < -0.4 is 15.4 Å². The molecule has 0 aliphatic rings. The molecule has 0 fully saturated rings. The van der Waals surface area contributed by atoms with Crippen molar-refractivity contribution in [1.82, 2.24) is 0 Å². The van der Waals surface area contributed by atoms with Crippen molar-refractivity contribution in [2.45, 2.75) is 33.8 Å². The van der Waals surface area contributed by atoms with Crippen molar-refractivity contribution in [3.63, 3.8) is 0 Å². The minimum Gasteiger partial charge on any atom is -0.486 e. The number of aryl methyl sites for hydroxylation is 1. The lowest BCUT2D eigenvalue weighted by Gasteiger charge is -2.14. The van der Waals surface area contributed by atoms with Crippen molar-refractivity contribution >= 4 is 52.4 Å². The second-order valence-electron chi connectivity index (χ2n) is 7.03. The number of ether oxygens (including phenoxy) is 1. The van der Waals surface area contributed by atoms with Gasteiger partial charge >= 0.3 is 5.97 Å². The summed E-state index contributed by atoms with van der Waals surface area (Å²) < 4.78 is 5.76. The van der Waals surface area contributed by atoms with Gasteiger partial charge in [-0.1, -0.05) is 43.1 Å². The molecule has 2 aromatic rings. The van der Waals surface area contributed by atoms with E-state index in [2.05, 4.69) is 10.6 Å². The van der Waals surface area contributed by atoms with Gasteiger partial charge in [-0.05, 0) is 42.3 Å². The lowest BCUT2D eigenvalue weighted by molar-refractivity contribution is -0.139. The fourth-order valence-corrected chi connectivity index (χ4v) is 3.17. The number of carboxylic acids is 1. The predicted octanol–water partition coefficient (Wildman–Crippen LogP) is 4.89. The maximum atomic E-state index is 11.9. The van der Waals surface area contributed by atoms with Crippen molar-refractivity contribution in [3.8, 4) is 5.75 Å². The molecule has 0 saturated carbocycles. The number of carbonyl (C=O) groups excluding carboxylic acids is 2. The van der Waals surface area contributed by atoms with Gasteiger partial charge in [-0.3, -0.25) is 14.4 Å². The summed E-state index contributed by atoms with van der Waals surface area (Å²) in [4.78, 5) is 34.1. The van der Waals surface area contributed by atoms with Crippen LogP contribution in [0.2, 0.25) is 10.0 Å². The molecule has 0 aliphatic carbocycles. The van der Waals surface area contributed by atoms with E-state index >= 15 is 0 Å². The Labute approximate surface area is 184 Å². The Morgan fingerprint density at radius 2 is 1.60 bits per heavy atom. The zero-order chi connectivity index (χ0) is 22.4. The van der Waals surface area contributed by atoms with Crippen LogP contribution >= 0.6 is 23.2 Å². The number of halogens is 2. The molecule has 30 heavy (non-hydrogen) atoms. The molecule has 0 unspecified atom stereocenters. The Kier molecular flexibility index (Phi) is 8.08. The van der Waals surface area contributed by atoms with Crippen LogP contribution in [-0.4, -0.2) is 22.9 Å². The zero-order valence-electron chi connectivity index (χ0n) is 16.7. The molecule has 2 amide bonds. The summed E-state index contributed by atoms with van der Waals surface area (Å²) in [5, 5.41) is 14.2. The predicted molar refractivity (Wildman–Crippen MR) is 116 cm³/mol. The van der Waals surface area contributed by atoms with E-state index in [-0.39, 0.29) is 39.9 Å². The maximum Gasteiger partial charge on any atom is 0.312 e. The first kappa shape index (κ1) is 23.5.